The summed E-state index contributed by atoms with van der Waals surface area (Å²) in [7, 11) is 0. The van der Waals surface area contributed by atoms with Gasteiger partial charge in [-0.3, -0.25) is 10.0 Å². The van der Waals surface area contributed by atoms with Crippen molar-refractivity contribution in [3.8, 4) is 0 Å². The van der Waals surface area contributed by atoms with E-state index in [1.165, 1.54) is 12.1 Å². The Balaban J connectivity index is 1.75. The topological polar surface area (TPSA) is 108 Å². The molecule has 0 saturated carbocycles. The third-order valence-corrected chi connectivity index (χ3v) is 5.16. The van der Waals surface area contributed by atoms with Gasteiger partial charge in [-0.05, 0) is 29.7 Å². The van der Waals surface area contributed by atoms with Crippen molar-refractivity contribution < 1.29 is 29.3 Å². The Labute approximate surface area is 171 Å². The van der Waals surface area contributed by atoms with Gasteiger partial charge in [0, 0.05) is 23.7 Å². The number of fused-ring (bicyclic) bond motifs is 3. The minimum atomic E-state index is -0.974. The lowest BCUT2D eigenvalue weighted by atomic mass is 9.99. The average molecular weight is 415 g/mol. The molecule has 0 spiro atoms. The molecule has 1 aliphatic heterocycles. The highest BCUT2D eigenvalue weighted by Gasteiger charge is 2.28. The number of hydrogen-bond donors (Lipinski definition) is 3. The van der Waals surface area contributed by atoms with E-state index >= 15 is 0 Å². The van der Waals surface area contributed by atoms with Crippen molar-refractivity contribution in [2.75, 3.05) is 19.8 Å². The average Bonchev–Trinajstić information content (AvgIpc) is 3.10. The van der Waals surface area contributed by atoms with Gasteiger partial charge >= 0.3 is 0 Å². The third-order valence-electron chi connectivity index (χ3n) is 5.16. The summed E-state index contributed by atoms with van der Waals surface area (Å²) < 4.78 is 20.8. The zero-order valence-electron chi connectivity index (χ0n) is 16.2. The number of benzene rings is 1. The summed E-state index contributed by atoms with van der Waals surface area (Å²) in [4.78, 5) is 16.6. The largest absolute Gasteiger partial charge is 0.394 e. The minimum Gasteiger partial charge on any atom is -0.394 e. The summed E-state index contributed by atoms with van der Waals surface area (Å²) in [5, 5.41) is 29.7. The van der Waals surface area contributed by atoms with E-state index in [9.17, 15) is 19.5 Å². The first-order chi connectivity index (χ1) is 14.5. The van der Waals surface area contributed by atoms with Crippen molar-refractivity contribution >= 4 is 16.8 Å². The first-order valence-electron chi connectivity index (χ1n) is 9.59. The summed E-state index contributed by atoms with van der Waals surface area (Å²) in [6, 6.07) is 6.20. The fourth-order valence-electron chi connectivity index (χ4n) is 3.69. The molecule has 0 aliphatic carbocycles. The van der Waals surface area contributed by atoms with Gasteiger partial charge in [-0.25, -0.2) is 14.4 Å². The maximum atomic E-state index is 13.2. The molecule has 158 valence electrons. The number of hydroxylamine groups is 2. The summed E-state index contributed by atoms with van der Waals surface area (Å²) in [5.74, 6) is -0.859. The molecule has 0 bridgehead atoms. The van der Waals surface area contributed by atoms with Crippen molar-refractivity contribution in [1.29, 1.82) is 0 Å². The van der Waals surface area contributed by atoms with Crippen LogP contribution < -0.4 is 0 Å². The highest BCUT2D eigenvalue weighted by atomic mass is 19.1. The van der Waals surface area contributed by atoms with Crippen LogP contribution in [0.3, 0.4) is 0 Å². The molecule has 1 aromatic carbocycles. The van der Waals surface area contributed by atoms with Gasteiger partial charge in [0.05, 0.1) is 38.1 Å². The Hall–Kier alpha value is -2.85. The Morgan fingerprint density at radius 3 is 2.77 bits per heavy atom. The molecular formula is C21H22FN3O5. The predicted octanol–water partition coefficient (Wildman–Crippen LogP) is 1.48. The highest BCUT2D eigenvalue weighted by molar-refractivity contribution is 6.00. The molecule has 3 heterocycles. The third kappa shape index (κ3) is 3.92. The second-order valence-electron chi connectivity index (χ2n) is 7.28. The molecule has 3 N–H and O–H groups in total. The van der Waals surface area contributed by atoms with E-state index in [-0.39, 0.29) is 31.3 Å². The lowest BCUT2D eigenvalue weighted by molar-refractivity contribution is -0.0606. The zero-order valence-corrected chi connectivity index (χ0v) is 16.2. The maximum absolute atomic E-state index is 13.2. The number of aliphatic hydroxyl groups is 2. The van der Waals surface area contributed by atoms with Crippen molar-refractivity contribution in [1.82, 2.24) is 14.6 Å². The van der Waals surface area contributed by atoms with Crippen LogP contribution in [0.2, 0.25) is 0 Å². The van der Waals surface area contributed by atoms with Gasteiger partial charge in [0.15, 0.2) is 0 Å². The standard InChI is InChI=1S/C21H22FN3O5/c22-15-3-1-13(2-4-15)8-24-9-14(11-30-12-16(27)10-26)19-17-5-6-25(29)21(28)20(17)23-7-18(19)24/h1-4,7,9,16,26-27,29H,5-6,8,10-12H2/t16-/m0/s1. The number of carbonyl (C=O) groups excluding carboxylic acids is 1. The van der Waals surface area contributed by atoms with Gasteiger partial charge in [0.25, 0.3) is 5.91 Å². The van der Waals surface area contributed by atoms with Crippen LogP contribution in [0.25, 0.3) is 10.9 Å². The number of aromatic nitrogens is 2. The van der Waals surface area contributed by atoms with Gasteiger partial charge in [0.2, 0.25) is 0 Å². The first kappa shape index (κ1) is 20.4. The number of hydrogen-bond acceptors (Lipinski definition) is 6. The molecule has 1 amide bonds. The van der Waals surface area contributed by atoms with E-state index in [0.717, 1.165) is 27.6 Å². The predicted molar refractivity (Wildman–Crippen MR) is 105 cm³/mol. The molecule has 30 heavy (non-hydrogen) atoms. The second-order valence-corrected chi connectivity index (χ2v) is 7.28. The lowest BCUT2D eigenvalue weighted by Gasteiger charge is -2.23. The highest BCUT2D eigenvalue weighted by Crippen LogP contribution is 2.31. The molecule has 4 rings (SSSR count). The Kier molecular flexibility index (Phi) is 5.78. The quantitative estimate of drug-likeness (QED) is 0.505. The number of carbonyl (C=O) groups is 1. The van der Waals surface area contributed by atoms with Crippen LogP contribution in [0, 0.1) is 5.82 Å². The van der Waals surface area contributed by atoms with E-state index in [0.29, 0.717) is 18.0 Å². The lowest BCUT2D eigenvalue weighted by Crippen LogP contribution is -2.35. The number of ether oxygens (including phenoxy) is 1. The van der Waals surface area contributed by atoms with E-state index in [1.807, 2.05) is 10.8 Å². The number of amides is 1. The summed E-state index contributed by atoms with van der Waals surface area (Å²) in [6.07, 6.45) is 2.94. The monoisotopic (exact) mass is 415 g/mol. The number of pyridine rings is 1. The van der Waals surface area contributed by atoms with Crippen molar-refractivity contribution in [3.05, 3.63) is 64.9 Å². The van der Waals surface area contributed by atoms with E-state index < -0.39 is 18.6 Å². The van der Waals surface area contributed by atoms with Gasteiger partial charge in [0.1, 0.15) is 17.6 Å². The summed E-state index contributed by atoms with van der Waals surface area (Å²) >= 11 is 0. The number of rotatable bonds is 7. The van der Waals surface area contributed by atoms with Crippen LogP contribution in [0.5, 0.6) is 0 Å². The molecule has 1 atom stereocenters. The van der Waals surface area contributed by atoms with Crippen LogP contribution in [0.15, 0.2) is 36.7 Å². The van der Waals surface area contributed by atoms with Crippen molar-refractivity contribution in [2.24, 2.45) is 0 Å². The molecule has 0 fully saturated rings. The fraction of sp³-hybridized carbons (Fsp3) is 0.333. The smallest absolute Gasteiger partial charge is 0.296 e. The van der Waals surface area contributed by atoms with Crippen LogP contribution in [-0.4, -0.2) is 61.8 Å². The normalized spacial score (nSPS) is 14.9. The van der Waals surface area contributed by atoms with Crippen LogP contribution >= 0.6 is 0 Å². The fourth-order valence-corrected chi connectivity index (χ4v) is 3.69. The zero-order chi connectivity index (χ0) is 21.3. The second kappa shape index (κ2) is 8.49. The molecule has 8 nitrogen and oxygen atoms in total. The molecule has 9 heteroatoms. The molecule has 2 aromatic heterocycles. The van der Waals surface area contributed by atoms with E-state index in [1.54, 1.807) is 18.3 Å². The van der Waals surface area contributed by atoms with Crippen LogP contribution in [0.1, 0.15) is 27.2 Å². The molecule has 1 aliphatic rings. The summed E-state index contributed by atoms with van der Waals surface area (Å²) in [6.45, 7) is 0.373. The number of aliphatic hydroxyl groups excluding tert-OH is 2. The molecule has 0 saturated heterocycles. The molecule has 0 unspecified atom stereocenters. The molecule has 3 aromatic rings. The van der Waals surface area contributed by atoms with Gasteiger partial charge < -0.3 is 19.5 Å². The number of halogens is 1. The van der Waals surface area contributed by atoms with Crippen molar-refractivity contribution in [3.63, 3.8) is 0 Å². The summed E-state index contributed by atoms with van der Waals surface area (Å²) in [5.41, 5.74) is 3.43. The van der Waals surface area contributed by atoms with E-state index in [4.69, 9.17) is 9.84 Å². The van der Waals surface area contributed by atoms with Gasteiger partial charge in [-0.1, -0.05) is 12.1 Å². The first-order valence-corrected chi connectivity index (χ1v) is 9.59. The van der Waals surface area contributed by atoms with Gasteiger partial charge in [-0.2, -0.15) is 0 Å². The van der Waals surface area contributed by atoms with E-state index in [2.05, 4.69) is 4.98 Å². The Morgan fingerprint density at radius 2 is 2.03 bits per heavy atom. The molecule has 0 radical (unpaired) electrons. The van der Waals surface area contributed by atoms with Crippen molar-refractivity contribution in [2.45, 2.75) is 25.7 Å². The van der Waals surface area contributed by atoms with Crippen LogP contribution in [0.4, 0.5) is 4.39 Å². The Bertz CT molecular complexity index is 1070. The minimum absolute atomic E-state index is 0.0300. The molecular weight excluding hydrogens is 393 g/mol. The van der Waals surface area contributed by atoms with Gasteiger partial charge in [-0.15, -0.1) is 0 Å². The SMILES string of the molecule is O=C1c2ncc3c(c(COC[C@@H](O)CO)cn3Cc3ccc(F)cc3)c2CCN1O. The van der Waals surface area contributed by atoms with Crippen LogP contribution in [-0.2, 0) is 24.3 Å². The Morgan fingerprint density at radius 1 is 1.27 bits per heavy atom. The maximum Gasteiger partial charge on any atom is 0.296 e. The number of nitrogens with zero attached hydrogens (tertiary/aromatic N) is 3.